The zero-order valence-corrected chi connectivity index (χ0v) is 18.5. The summed E-state index contributed by atoms with van der Waals surface area (Å²) in [5, 5.41) is 18.3. The molecular formula is C23H20O6S2. The van der Waals surface area contributed by atoms with E-state index in [0.717, 1.165) is 28.5 Å². The molecule has 6 nitrogen and oxygen atoms in total. The molecule has 0 radical (unpaired) electrons. The largest absolute Gasteiger partial charge is 0.478 e. The number of rotatable bonds is 7. The van der Waals surface area contributed by atoms with Gasteiger partial charge in [0.2, 0.25) is 0 Å². The summed E-state index contributed by atoms with van der Waals surface area (Å²) in [4.78, 5) is 23.2. The summed E-state index contributed by atoms with van der Waals surface area (Å²) in [6.45, 7) is 3.59. The van der Waals surface area contributed by atoms with Crippen LogP contribution < -0.4 is 0 Å². The van der Waals surface area contributed by atoms with E-state index in [-0.39, 0.29) is 15.3 Å². The van der Waals surface area contributed by atoms with Crippen LogP contribution in [0.2, 0.25) is 0 Å². The van der Waals surface area contributed by atoms with E-state index in [1.807, 2.05) is 6.92 Å². The first-order valence-electron chi connectivity index (χ1n) is 9.24. The highest BCUT2D eigenvalue weighted by molar-refractivity contribution is 7.90. The van der Waals surface area contributed by atoms with E-state index in [2.05, 4.69) is 0 Å². The molecule has 1 aromatic heterocycles. The Morgan fingerprint density at radius 1 is 1.00 bits per heavy atom. The zero-order valence-electron chi connectivity index (χ0n) is 16.8. The molecule has 160 valence electrons. The molecule has 0 spiro atoms. The lowest BCUT2D eigenvalue weighted by Crippen LogP contribution is -2.09. The maximum absolute atomic E-state index is 13.0. The highest BCUT2D eigenvalue weighted by Crippen LogP contribution is 2.34. The molecule has 31 heavy (non-hydrogen) atoms. The van der Waals surface area contributed by atoms with Crippen molar-refractivity contribution < 1.29 is 28.2 Å². The molecule has 8 heteroatoms. The molecule has 2 N–H and O–H groups in total. The Hall–Kier alpha value is -3.23. The van der Waals surface area contributed by atoms with Gasteiger partial charge in [0.25, 0.3) is 0 Å². The number of carboxylic acids is 2. The molecule has 1 heterocycles. The van der Waals surface area contributed by atoms with Crippen LogP contribution in [0, 0.1) is 13.8 Å². The topological polar surface area (TPSA) is 109 Å². The van der Waals surface area contributed by atoms with Gasteiger partial charge in [-0.05, 0) is 54.3 Å². The van der Waals surface area contributed by atoms with Crippen LogP contribution in [0.1, 0.15) is 31.9 Å². The Kier molecular flexibility index (Phi) is 6.42. The fraction of sp³-hybridized carbons (Fsp3) is 0.130. The van der Waals surface area contributed by atoms with Crippen LogP contribution in [0.25, 0.3) is 16.5 Å². The summed E-state index contributed by atoms with van der Waals surface area (Å²) in [6.07, 6.45) is 2.48. The monoisotopic (exact) mass is 456 g/mol. The molecule has 0 fully saturated rings. The van der Waals surface area contributed by atoms with Gasteiger partial charge >= 0.3 is 11.9 Å². The van der Waals surface area contributed by atoms with Gasteiger partial charge in [0.1, 0.15) is 4.88 Å². The van der Waals surface area contributed by atoms with Crippen molar-refractivity contribution in [2.24, 2.45) is 0 Å². The van der Waals surface area contributed by atoms with Crippen LogP contribution in [0.15, 0.2) is 59.5 Å². The van der Waals surface area contributed by atoms with Gasteiger partial charge in [-0.15, -0.1) is 11.3 Å². The van der Waals surface area contributed by atoms with Gasteiger partial charge < -0.3 is 10.2 Å². The highest BCUT2D eigenvalue weighted by atomic mass is 32.2. The first-order chi connectivity index (χ1) is 14.6. The lowest BCUT2D eigenvalue weighted by Gasteiger charge is -2.08. The fourth-order valence-corrected chi connectivity index (χ4v) is 5.95. The normalized spacial score (nSPS) is 11.7. The zero-order chi connectivity index (χ0) is 22.8. The van der Waals surface area contributed by atoms with E-state index in [1.165, 1.54) is 6.08 Å². The van der Waals surface area contributed by atoms with Crippen molar-refractivity contribution in [1.29, 1.82) is 0 Å². The number of hydrogen-bond acceptors (Lipinski definition) is 5. The number of benzene rings is 2. The number of carbonyl (C=O) groups is 2. The standard InChI is InChI=1S/C23H20O6S2/c1-14-3-9-20(15(2)11-14)31(28,29)13-18-12-19(30-22(18)23(26)27)17-7-4-16(5-8-17)6-10-21(24)25/h3-12H,13H2,1-2H3,(H,24,25)(H,26,27)/b10-6+. The average molecular weight is 457 g/mol. The Morgan fingerprint density at radius 3 is 2.26 bits per heavy atom. The minimum Gasteiger partial charge on any atom is -0.478 e. The number of carboxylic acid groups (broad SMARTS) is 2. The van der Waals surface area contributed by atoms with Crippen molar-refractivity contribution in [3.8, 4) is 10.4 Å². The fourth-order valence-electron chi connectivity index (χ4n) is 3.22. The second-order valence-electron chi connectivity index (χ2n) is 7.09. The summed E-state index contributed by atoms with van der Waals surface area (Å²) in [7, 11) is -3.73. The van der Waals surface area contributed by atoms with Gasteiger partial charge in [0.05, 0.1) is 10.6 Å². The molecule has 0 unspecified atom stereocenters. The number of aromatic carboxylic acids is 1. The number of thiophene rings is 1. The van der Waals surface area contributed by atoms with Gasteiger partial charge in [-0.1, -0.05) is 42.0 Å². The average Bonchev–Trinajstić information content (AvgIpc) is 3.09. The third-order valence-corrected chi connectivity index (χ3v) is 7.66. The maximum atomic E-state index is 13.0. The van der Waals surface area contributed by atoms with Crippen LogP contribution >= 0.6 is 11.3 Å². The summed E-state index contributed by atoms with van der Waals surface area (Å²) < 4.78 is 26.0. The first-order valence-corrected chi connectivity index (χ1v) is 11.7. The van der Waals surface area contributed by atoms with E-state index < -0.39 is 27.5 Å². The number of aryl methyl sites for hydroxylation is 2. The van der Waals surface area contributed by atoms with E-state index >= 15 is 0 Å². The SMILES string of the molecule is Cc1ccc(S(=O)(=O)Cc2cc(-c3ccc(/C=C/C(=O)O)cc3)sc2C(=O)O)c(C)c1. The Bertz CT molecular complexity index is 1280. The second kappa shape index (κ2) is 8.87. The van der Waals surface area contributed by atoms with Crippen LogP contribution in [0.5, 0.6) is 0 Å². The predicted octanol–water partition coefficient (Wildman–Crippen LogP) is 4.80. The lowest BCUT2D eigenvalue weighted by atomic mass is 10.1. The lowest BCUT2D eigenvalue weighted by molar-refractivity contribution is -0.131. The van der Waals surface area contributed by atoms with Gasteiger partial charge in [-0.3, -0.25) is 0 Å². The summed E-state index contributed by atoms with van der Waals surface area (Å²) in [5.41, 5.74) is 3.20. The molecule has 3 rings (SSSR count). The predicted molar refractivity (Wildman–Crippen MR) is 120 cm³/mol. The molecule has 0 saturated carbocycles. The van der Waals surface area contributed by atoms with Crippen molar-refractivity contribution in [2.45, 2.75) is 24.5 Å². The Morgan fingerprint density at radius 2 is 1.68 bits per heavy atom. The minimum absolute atomic E-state index is 0.0156. The molecule has 0 aliphatic heterocycles. The van der Waals surface area contributed by atoms with Crippen molar-refractivity contribution in [2.75, 3.05) is 0 Å². The Balaban J connectivity index is 1.95. The molecule has 0 aliphatic carbocycles. The smallest absolute Gasteiger partial charge is 0.346 e. The minimum atomic E-state index is -3.73. The number of sulfone groups is 1. The molecule has 0 saturated heterocycles. The van der Waals surface area contributed by atoms with Crippen LogP contribution in [0.3, 0.4) is 0 Å². The highest BCUT2D eigenvalue weighted by Gasteiger charge is 2.24. The molecule has 0 amide bonds. The molecule has 3 aromatic rings. The van der Waals surface area contributed by atoms with E-state index in [0.29, 0.717) is 16.0 Å². The van der Waals surface area contributed by atoms with Gasteiger partial charge in [0.15, 0.2) is 9.84 Å². The summed E-state index contributed by atoms with van der Waals surface area (Å²) in [5.74, 6) is -2.64. The van der Waals surface area contributed by atoms with Crippen LogP contribution in [-0.2, 0) is 20.4 Å². The Labute approximate surface area is 184 Å². The van der Waals surface area contributed by atoms with Crippen LogP contribution in [0.4, 0.5) is 0 Å². The van der Waals surface area contributed by atoms with E-state index in [4.69, 9.17) is 5.11 Å². The number of aliphatic carboxylic acids is 1. The quantitative estimate of drug-likeness (QED) is 0.494. The molecule has 0 aliphatic rings. The van der Waals surface area contributed by atoms with E-state index in [9.17, 15) is 23.1 Å². The van der Waals surface area contributed by atoms with Crippen LogP contribution in [-0.4, -0.2) is 30.6 Å². The third-order valence-electron chi connectivity index (χ3n) is 4.63. The molecule has 0 atom stereocenters. The van der Waals surface area contributed by atoms with Crippen molar-refractivity contribution in [1.82, 2.24) is 0 Å². The van der Waals surface area contributed by atoms with Crippen molar-refractivity contribution >= 4 is 39.2 Å². The molecule has 0 bridgehead atoms. The molecule has 2 aromatic carbocycles. The van der Waals surface area contributed by atoms with E-state index in [1.54, 1.807) is 55.5 Å². The second-order valence-corrected chi connectivity index (χ2v) is 10.1. The third kappa shape index (κ3) is 5.28. The van der Waals surface area contributed by atoms with Gasteiger partial charge in [0, 0.05) is 11.0 Å². The first kappa shape index (κ1) is 22.5. The van der Waals surface area contributed by atoms with Crippen molar-refractivity contribution in [3.63, 3.8) is 0 Å². The summed E-state index contributed by atoms with van der Waals surface area (Å²) in [6, 6.07) is 13.5. The maximum Gasteiger partial charge on any atom is 0.346 e. The number of hydrogen-bond donors (Lipinski definition) is 2. The molecular weight excluding hydrogens is 436 g/mol. The summed E-state index contributed by atoms with van der Waals surface area (Å²) >= 11 is 1.01. The van der Waals surface area contributed by atoms with Gasteiger partial charge in [-0.25, -0.2) is 18.0 Å². The van der Waals surface area contributed by atoms with Gasteiger partial charge in [-0.2, -0.15) is 0 Å². The van der Waals surface area contributed by atoms with Crippen molar-refractivity contribution in [3.05, 3.63) is 81.7 Å².